The first kappa shape index (κ1) is 15.9. The van der Waals surface area contributed by atoms with Crippen molar-refractivity contribution in [2.75, 3.05) is 26.9 Å². The smallest absolute Gasteiger partial charge is 0.331 e. The van der Waals surface area contributed by atoms with Crippen molar-refractivity contribution in [1.29, 1.82) is 0 Å². The number of hydrogen-bond donors (Lipinski definition) is 1. The molecule has 108 valence electrons. The van der Waals surface area contributed by atoms with E-state index in [2.05, 4.69) is 5.32 Å². The fraction of sp³-hybridized carbons (Fsp3) is 0.333. The zero-order valence-corrected chi connectivity index (χ0v) is 11.7. The minimum Gasteiger partial charge on any atom is -0.452 e. The molecule has 0 aromatic heterocycles. The second-order valence-electron chi connectivity index (χ2n) is 4.20. The van der Waals surface area contributed by atoms with E-state index in [1.54, 1.807) is 13.2 Å². The van der Waals surface area contributed by atoms with Crippen LogP contribution in [0.3, 0.4) is 0 Å². The van der Waals surface area contributed by atoms with E-state index in [-0.39, 0.29) is 12.5 Å². The van der Waals surface area contributed by atoms with Crippen LogP contribution in [0.25, 0.3) is 6.08 Å². The zero-order chi connectivity index (χ0) is 14.8. The highest BCUT2D eigenvalue weighted by atomic mass is 16.5. The lowest BCUT2D eigenvalue weighted by Gasteiger charge is -2.04. The number of aryl methyl sites for hydroxylation is 1. The quantitative estimate of drug-likeness (QED) is 0.464. The molecule has 0 bridgehead atoms. The van der Waals surface area contributed by atoms with Gasteiger partial charge in [-0.1, -0.05) is 29.8 Å². The Morgan fingerprint density at radius 2 is 2.15 bits per heavy atom. The normalized spacial score (nSPS) is 10.5. The summed E-state index contributed by atoms with van der Waals surface area (Å²) in [6.07, 6.45) is 2.95. The molecule has 1 amide bonds. The van der Waals surface area contributed by atoms with Crippen molar-refractivity contribution in [3.05, 3.63) is 41.5 Å². The van der Waals surface area contributed by atoms with Gasteiger partial charge in [0.15, 0.2) is 6.61 Å². The predicted molar refractivity (Wildman–Crippen MR) is 76.1 cm³/mol. The first-order chi connectivity index (χ1) is 9.61. The first-order valence-electron chi connectivity index (χ1n) is 6.29. The first-order valence-corrected chi connectivity index (χ1v) is 6.29. The van der Waals surface area contributed by atoms with Gasteiger partial charge in [-0.3, -0.25) is 4.79 Å². The van der Waals surface area contributed by atoms with Crippen molar-refractivity contribution in [2.45, 2.75) is 6.92 Å². The molecule has 0 heterocycles. The van der Waals surface area contributed by atoms with Gasteiger partial charge in [0.2, 0.25) is 0 Å². The second kappa shape index (κ2) is 8.87. The molecule has 20 heavy (non-hydrogen) atoms. The third-order valence-electron chi connectivity index (χ3n) is 2.43. The molecule has 0 aliphatic carbocycles. The molecule has 0 radical (unpaired) electrons. The van der Waals surface area contributed by atoms with Crippen molar-refractivity contribution < 1.29 is 19.1 Å². The molecule has 5 heteroatoms. The summed E-state index contributed by atoms with van der Waals surface area (Å²) in [5.41, 5.74) is 2.02. The van der Waals surface area contributed by atoms with Gasteiger partial charge >= 0.3 is 5.97 Å². The Bertz CT molecular complexity index is 483. The van der Waals surface area contributed by atoms with E-state index in [0.717, 1.165) is 11.1 Å². The molecule has 0 atom stereocenters. The molecule has 5 nitrogen and oxygen atoms in total. The fourth-order valence-electron chi connectivity index (χ4n) is 1.47. The molecule has 0 unspecified atom stereocenters. The monoisotopic (exact) mass is 277 g/mol. The summed E-state index contributed by atoms with van der Waals surface area (Å²) in [7, 11) is 1.54. The van der Waals surface area contributed by atoms with Crippen LogP contribution in [0.4, 0.5) is 0 Å². The fourth-order valence-corrected chi connectivity index (χ4v) is 1.47. The van der Waals surface area contributed by atoms with Crippen LogP contribution in [0, 0.1) is 6.92 Å². The molecule has 1 aromatic carbocycles. The number of esters is 1. The van der Waals surface area contributed by atoms with E-state index in [0.29, 0.717) is 13.2 Å². The molecule has 1 N–H and O–H groups in total. The molecule has 1 rings (SSSR count). The van der Waals surface area contributed by atoms with Crippen LogP contribution in [0.15, 0.2) is 30.3 Å². The number of nitrogens with one attached hydrogen (secondary N) is 1. The van der Waals surface area contributed by atoms with Crippen LogP contribution in [0.5, 0.6) is 0 Å². The highest BCUT2D eigenvalue weighted by molar-refractivity contribution is 5.89. The Hall–Kier alpha value is -2.14. The van der Waals surface area contributed by atoms with E-state index >= 15 is 0 Å². The van der Waals surface area contributed by atoms with Gasteiger partial charge in [-0.05, 0) is 18.6 Å². The molecule has 0 saturated heterocycles. The van der Waals surface area contributed by atoms with Crippen molar-refractivity contribution in [3.8, 4) is 0 Å². The van der Waals surface area contributed by atoms with Gasteiger partial charge in [-0.2, -0.15) is 0 Å². The van der Waals surface area contributed by atoms with E-state index in [1.807, 2.05) is 31.2 Å². The van der Waals surface area contributed by atoms with E-state index < -0.39 is 5.97 Å². The number of methoxy groups -OCH3 is 1. The van der Waals surface area contributed by atoms with Crippen molar-refractivity contribution in [1.82, 2.24) is 5.32 Å². The minimum absolute atomic E-state index is 0.291. The van der Waals surface area contributed by atoms with Crippen LogP contribution in [0.1, 0.15) is 11.1 Å². The lowest BCUT2D eigenvalue weighted by atomic mass is 10.1. The Morgan fingerprint density at radius 3 is 2.85 bits per heavy atom. The molecule has 1 aromatic rings. The molecular weight excluding hydrogens is 258 g/mol. The maximum Gasteiger partial charge on any atom is 0.331 e. The zero-order valence-electron chi connectivity index (χ0n) is 11.7. The average molecular weight is 277 g/mol. The minimum atomic E-state index is -0.548. The maximum atomic E-state index is 11.4. The standard InChI is InChI=1S/C15H19NO4/c1-12-4-3-5-13(10-12)6-7-15(18)20-11-14(17)16-8-9-19-2/h3-7,10H,8-9,11H2,1-2H3,(H,16,17)/b7-6+. The van der Waals surface area contributed by atoms with Crippen molar-refractivity contribution in [2.24, 2.45) is 0 Å². The lowest BCUT2D eigenvalue weighted by Crippen LogP contribution is -2.31. The summed E-state index contributed by atoms with van der Waals surface area (Å²) in [4.78, 5) is 22.7. The van der Waals surface area contributed by atoms with Gasteiger partial charge in [-0.25, -0.2) is 4.79 Å². The second-order valence-corrected chi connectivity index (χ2v) is 4.20. The van der Waals surface area contributed by atoms with Gasteiger partial charge in [0, 0.05) is 19.7 Å². The van der Waals surface area contributed by atoms with E-state index in [4.69, 9.17) is 9.47 Å². The van der Waals surface area contributed by atoms with Crippen LogP contribution in [0.2, 0.25) is 0 Å². The summed E-state index contributed by atoms with van der Waals surface area (Å²) in [6, 6.07) is 7.71. The SMILES string of the molecule is COCCNC(=O)COC(=O)/C=C/c1cccc(C)c1. The average Bonchev–Trinajstić information content (AvgIpc) is 2.43. The van der Waals surface area contributed by atoms with Gasteiger partial charge < -0.3 is 14.8 Å². The molecule has 0 aliphatic heterocycles. The summed E-state index contributed by atoms with van der Waals surface area (Å²) >= 11 is 0. The van der Waals surface area contributed by atoms with Gasteiger partial charge in [0.1, 0.15) is 0 Å². The Labute approximate surface area is 118 Å². The van der Waals surface area contributed by atoms with E-state index in [1.165, 1.54) is 6.08 Å². The van der Waals surface area contributed by atoms with Gasteiger partial charge in [0.05, 0.1) is 6.61 Å². The highest BCUT2D eigenvalue weighted by Crippen LogP contribution is 2.05. The lowest BCUT2D eigenvalue weighted by molar-refractivity contribution is -0.143. The Balaban J connectivity index is 2.31. The van der Waals surface area contributed by atoms with Crippen molar-refractivity contribution >= 4 is 18.0 Å². The van der Waals surface area contributed by atoms with Crippen LogP contribution in [-0.4, -0.2) is 38.7 Å². The molecular formula is C15H19NO4. The third-order valence-corrected chi connectivity index (χ3v) is 2.43. The predicted octanol–water partition coefficient (Wildman–Crippen LogP) is 1.31. The molecule has 0 fully saturated rings. The number of hydrogen-bond acceptors (Lipinski definition) is 4. The number of rotatable bonds is 7. The van der Waals surface area contributed by atoms with Crippen LogP contribution < -0.4 is 5.32 Å². The summed E-state index contributed by atoms with van der Waals surface area (Å²) in [6.45, 7) is 2.50. The maximum absolute atomic E-state index is 11.4. The Kier molecular flexibility index (Phi) is 7.06. The summed E-state index contributed by atoms with van der Waals surface area (Å²) < 4.78 is 9.59. The van der Waals surface area contributed by atoms with Crippen molar-refractivity contribution in [3.63, 3.8) is 0 Å². The van der Waals surface area contributed by atoms with Gasteiger partial charge in [-0.15, -0.1) is 0 Å². The Morgan fingerprint density at radius 1 is 1.35 bits per heavy atom. The molecule has 0 saturated carbocycles. The largest absolute Gasteiger partial charge is 0.452 e. The number of ether oxygens (including phenoxy) is 2. The van der Waals surface area contributed by atoms with Crippen LogP contribution in [-0.2, 0) is 19.1 Å². The number of amides is 1. The van der Waals surface area contributed by atoms with Crippen LogP contribution >= 0.6 is 0 Å². The topological polar surface area (TPSA) is 64.6 Å². The van der Waals surface area contributed by atoms with E-state index in [9.17, 15) is 9.59 Å². The molecule has 0 spiro atoms. The number of carbonyl (C=O) groups is 2. The highest BCUT2D eigenvalue weighted by Gasteiger charge is 2.03. The number of carbonyl (C=O) groups excluding carboxylic acids is 2. The summed E-state index contributed by atoms with van der Waals surface area (Å²) in [5.74, 6) is -0.896. The molecule has 0 aliphatic rings. The van der Waals surface area contributed by atoms with Gasteiger partial charge in [0.25, 0.3) is 5.91 Å². The third kappa shape index (κ3) is 6.70. The number of benzene rings is 1. The summed E-state index contributed by atoms with van der Waals surface area (Å²) in [5, 5.41) is 2.55.